The van der Waals surface area contributed by atoms with E-state index >= 15 is 0 Å². The van der Waals surface area contributed by atoms with Gasteiger partial charge in [-0.2, -0.15) is 0 Å². The van der Waals surface area contributed by atoms with Crippen LogP contribution in [0, 0.1) is 3.70 Å². The van der Waals surface area contributed by atoms with E-state index in [0.717, 1.165) is 20.6 Å². The molecule has 0 fully saturated rings. The fraction of sp³-hybridized carbons (Fsp3) is 0.333. The molecule has 4 nitrogen and oxygen atoms in total. The van der Waals surface area contributed by atoms with Crippen LogP contribution in [-0.4, -0.2) is 28.4 Å². The Morgan fingerprint density at radius 2 is 2.12 bits per heavy atom. The Hall–Kier alpha value is -0.720. The minimum absolute atomic E-state index is 0.380. The number of imidazole rings is 1. The number of anilines is 1. The quantitative estimate of drug-likeness (QED) is 0.478. The van der Waals surface area contributed by atoms with Crippen LogP contribution < -0.4 is 4.72 Å². The van der Waals surface area contributed by atoms with Crippen LogP contribution in [0.3, 0.4) is 0 Å². The van der Waals surface area contributed by atoms with E-state index in [0.29, 0.717) is 6.04 Å². The summed E-state index contributed by atoms with van der Waals surface area (Å²) in [6.07, 6.45) is 1.87. The van der Waals surface area contributed by atoms with Gasteiger partial charge in [0.2, 0.25) is 0 Å². The molecule has 0 atom stereocenters. The predicted octanol–water partition coefficient (Wildman–Crippen LogP) is 1.59. The second kappa shape index (κ2) is 3.65. The molecule has 78 valence electrons. The van der Waals surface area contributed by atoms with Crippen LogP contribution in [0.25, 0.3) is 11.2 Å². The molecular formula is C9H9B2IN4. The third-order valence-corrected chi connectivity index (χ3v) is 3.16. The summed E-state index contributed by atoms with van der Waals surface area (Å²) in [4.78, 5) is 9.02. The molecule has 0 saturated heterocycles. The van der Waals surface area contributed by atoms with Crippen molar-refractivity contribution in [1.82, 2.24) is 14.5 Å². The third-order valence-electron chi connectivity index (χ3n) is 2.61. The Morgan fingerprint density at radius 1 is 1.38 bits per heavy atom. The van der Waals surface area contributed by atoms with Gasteiger partial charge in [0.05, 0.1) is 0 Å². The summed E-state index contributed by atoms with van der Waals surface area (Å²) in [5.74, 6) is 0. The number of aromatic nitrogens is 3. The van der Waals surface area contributed by atoms with Crippen molar-refractivity contribution in [1.29, 1.82) is 0 Å². The van der Waals surface area contributed by atoms with E-state index in [1.54, 1.807) is 0 Å². The monoisotopic (exact) mass is 322 g/mol. The fourth-order valence-corrected chi connectivity index (χ4v) is 2.25. The van der Waals surface area contributed by atoms with Crippen molar-refractivity contribution < 1.29 is 0 Å². The summed E-state index contributed by atoms with van der Waals surface area (Å²) in [7, 11) is 0. The van der Waals surface area contributed by atoms with Crippen LogP contribution in [-0.2, 0) is 0 Å². The molecule has 0 spiro atoms. The molecule has 0 saturated carbocycles. The van der Waals surface area contributed by atoms with Gasteiger partial charge in [-0.1, -0.05) is 0 Å². The molecule has 1 aliphatic rings. The Morgan fingerprint density at radius 3 is 2.75 bits per heavy atom. The molecule has 0 unspecified atom stereocenters. The van der Waals surface area contributed by atoms with E-state index in [1.165, 1.54) is 0 Å². The van der Waals surface area contributed by atoms with Gasteiger partial charge in [-0.3, -0.25) is 0 Å². The van der Waals surface area contributed by atoms with E-state index in [4.69, 9.17) is 0 Å². The molecule has 0 N–H and O–H groups in total. The molecule has 7 heteroatoms. The number of nitrogens with zero attached hydrogens (tertiary/aromatic N) is 4. The number of rotatable bonds is 2. The van der Waals surface area contributed by atoms with Gasteiger partial charge >= 0.3 is 109 Å². The average Bonchev–Trinajstić information content (AvgIpc) is 2.97. The van der Waals surface area contributed by atoms with Crippen LogP contribution in [0.2, 0.25) is 0 Å². The number of hydrogen-bond acceptors (Lipinski definition) is 3. The number of halogens is 1. The predicted molar refractivity (Wildman–Crippen MR) is 74.6 cm³/mol. The Bertz CT molecular complexity index is 586. The van der Waals surface area contributed by atoms with Gasteiger partial charge in [0.25, 0.3) is 0 Å². The van der Waals surface area contributed by atoms with Crippen LogP contribution >= 0.6 is 22.6 Å². The fourth-order valence-electron chi connectivity index (χ4n) is 1.73. The third kappa shape index (κ3) is 1.61. The molecule has 0 bridgehead atoms. The molecule has 2 aromatic rings. The van der Waals surface area contributed by atoms with Gasteiger partial charge in [-0.05, 0) is 0 Å². The molecule has 16 heavy (non-hydrogen) atoms. The van der Waals surface area contributed by atoms with Crippen LogP contribution in [0.15, 0.2) is 12.4 Å². The first-order chi connectivity index (χ1) is 7.66. The first-order valence-electron chi connectivity index (χ1n) is 5.16. The zero-order valence-electron chi connectivity index (χ0n) is 9.05. The second-order valence-electron chi connectivity index (χ2n) is 4.09. The standard InChI is InChI=1S/C9H9B2IN4/c1-5(2)15-4-13-8-6(16-10-11-16)3-7(12)14-9(8)15/h3-5H,1-2H3. The van der Waals surface area contributed by atoms with Gasteiger partial charge in [0, 0.05) is 0 Å². The van der Waals surface area contributed by atoms with E-state index in [1.807, 2.05) is 20.2 Å². The molecule has 1 aliphatic heterocycles. The number of fused-ring (bicyclic) bond motifs is 1. The van der Waals surface area contributed by atoms with Crippen LogP contribution in [0.4, 0.5) is 5.69 Å². The van der Waals surface area contributed by atoms with Gasteiger partial charge < -0.3 is 0 Å². The van der Waals surface area contributed by atoms with Crippen LogP contribution in [0.1, 0.15) is 19.9 Å². The Labute approximate surface area is 108 Å². The van der Waals surface area contributed by atoms with Crippen LogP contribution in [0.5, 0.6) is 0 Å². The van der Waals surface area contributed by atoms with Crippen molar-refractivity contribution in [3.63, 3.8) is 0 Å². The normalized spacial score (nSPS) is 13.1. The van der Waals surface area contributed by atoms with Gasteiger partial charge in [0.1, 0.15) is 0 Å². The maximum atomic E-state index is 4.56. The van der Waals surface area contributed by atoms with E-state index in [-0.39, 0.29) is 0 Å². The summed E-state index contributed by atoms with van der Waals surface area (Å²) in [5.41, 5.74) is 3.05. The summed E-state index contributed by atoms with van der Waals surface area (Å²) >= 11 is 2.25. The SMILES string of the molecule is CC(C)n1cnc2c(N3B=B3)cc(I)nc21. The van der Waals surface area contributed by atoms with E-state index in [2.05, 4.69) is 61.8 Å². The first kappa shape index (κ1) is 10.4. The van der Waals surface area contributed by atoms with Gasteiger partial charge in [0.15, 0.2) is 0 Å². The summed E-state index contributed by atoms with van der Waals surface area (Å²) < 4.78 is 5.17. The Kier molecular flexibility index (Phi) is 2.38. The maximum absolute atomic E-state index is 4.56. The van der Waals surface area contributed by atoms with Crippen molar-refractivity contribution in [3.05, 3.63) is 16.1 Å². The molecule has 3 heterocycles. The molecule has 0 amide bonds. The average molecular weight is 322 g/mol. The minimum atomic E-state index is 0.380. The first-order valence-corrected chi connectivity index (χ1v) is 6.24. The molecular weight excluding hydrogens is 313 g/mol. The second-order valence-corrected chi connectivity index (χ2v) is 5.19. The summed E-state index contributed by atoms with van der Waals surface area (Å²) in [5, 5.41) is 0. The molecule has 2 aromatic heterocycles. The van der Waals surface area contributed by atoms with Crippen molar-refractivity contribution >= 4 is 53.3 Å². The molecule has 0 aromatic carbocycles. The summed E-state index contributed by atoms with van der Waals surface area (Å²) in [6, 6.07) is 2.44. The van der Waals surface area contributed by atoms with Gasteiger partial charge in [-0.25, -0.2) is 0 Å². The van der Waals surface area contributed by atoms with Crippen molar-refractivity contribution in [2.45, 2.75) is 19.9 Å². The topological polar surface area (TPSA) is 33.7 Å². The van der Waals surface area contributed by atoms with Crippen molar-refractivity contribution in [3.8, 4) is 0 Å². The zero-order valence-corrected chi connectivity index (χ0v) is 11.2. The Balaban J connectivity index is 2.28. The van der Waals surface area contributed by atoms with Crippen molar-refractivity contribution in [2.24, 2.45) is 0 Å². The van der Waals surface area contributed by atoms with E-state index < -0.39 is 0 Å². The molecule has 3 rings (SSSR count). The van der Waals surface area contributed by atoms with Gasteiger partial charge in [-0.15, -0.1) is 0 Å². The zero-order chi connectivity index (χ0) is 11.3. The number of hydrogen-bond donors (Lipinski definition) is 0. The van der Waals surface area contributed by atoms with Crippen molar-refractivity contribution in [2.75, 3.05) is 4.72 Å². The number of pyridine rings is 1. The molecule has 0 radical (unpaired) electrons. The van der Waals surface area contributed by atoms with E-state index in [9.17, 15) is 0 Å². The molecule has 0 aliphatic carbocycles. The summed E-state index contributed by atoms with van der Waals surface area (Å²) in [6.45, 7) is 8.33.